The molecule has 0 aliphatic heterocycles. The summed E-state index contributed by atoms with van der Waals surface area (Å²) >= 11 is 7.35. The van der Waals surface area contributed by atoms with Crippen LogP contribution in [-0.2, 0) is 0 Å². The summed E-state index contributed by atoms with van der Waals surface area (Å²) in [4.78, 5) is 2.29. The molecule has 0 fully saturated rings. The number of halogens is 3. The van der Waals surface area contributed by atoms with Crippen molar-refractivity contribution in [1.82, 2.24) is 4.90 Å². The van der Waals surface area contributed by atoms with Gasteiger partial charge in [-0.05, 0) is 108 Å². The van der Waals surface area contributed by atoms with E-state index in [1.807, 2.05) is 0 Å². The molecule has 0 atom stereocenters. The van der Waals surface area contributed by atoms with Gasteiger partial charge in [0.1, 0.15) is 0 Å². The maximum absolute atomic E-state index is 2.49. The van der Waals surface area contributed by atoms with Gasteiger partial charge in [-0.15, -0.1) is 0 Å². The highest BCUT2D eigenvalue weighted by Gasteiger charge is 1.98. The summed E-state index contributed by atoms with van der Waals surface area (Å²) in [5, 5.41) is 0. The highest BCUT2D eigenvalue weighted by molar-refractivity contribution is 14.2. The van der Waals surface area contributed by atoms with Crippen molar-refractivity contribution >= 4 is 67.8 Å². The Morgan fingerprint density at radius 1 is 0.565 bits per heavy atom. The van der Waals surface area contributed by atoms with E-state index in [1.165, 1.54) is 98.0 Å². The minimum atomic E-state index is 1.26. The molecular formula is C19H36I3N. The average Bonchev–Trinajstić information content (AvgIpc) is 2.50. The summed E-state index contributed by atoms with van der Waals surface area (Å²) in [7, 11) is 4.34. The molecule has 0 aliphatic rings. The summed E-state index contributed by atoms with van der Waals surface area (Å²) in [6, 6.07) is 0. The van der Waals surface area contributed by atoms with E-state index in [-0.39, 0.29) is 0 Å². The molecule has 0 aromatic rings. The first-order chi connectivity index (χ1) is 11.0. The molecular weight excluding hydrogens is 623 g/mol. The minimum absolute atomic E-state index is 1.26. The molecule has 4 heteroatoms. The van der Waals surface area contributed by atoms with Gasteiger partial charge >= 0.3 is 0 Å². The van der Waals surface area contributed by atoms with Crippen molar-refractivity contribution in [2.24, 2.45) is 0 Å². The van der Waals surface area contributed by atoms with Crippen LogP contribution in [0.1, 0.15) is 89.9 Å². The van der Waals surface area contributed by atoms with Crippen LogP contribution in [0.2, 0.25) is 0 Å². The van der Waals surface area contributed by atoms with Gasteiger partial charge in [-0.25, -0.2) is 0 Å². The molecule has 0 saturated carbocycles. The lowest BCUT2D eigenvalue weighted by atomic mass is 10.0. The van der Waals surface area contributed by atoms with Crippen LogP contribution in [0.3, 0.4) is 0 Å². The molecule has 1 nitrogen and oxygen atoms in total. The third-order valence-electron chi connectivity index (χ3n) is 4.21. The summed E-state index contributed by atoms with van der Waals surface area (Å²) in [6.07, 6.45) is 20.0. The van der Waals surface area contributed by atoms with Gasteiger partial charge in [0.15, 0.2) is 0 Å². The maximum Gasteiger partial charge on any atom is 0.0606 e. The first-order valence-electron chi connectivity index (χ1n) is 9.38. The second-order valence-electron chi connectivity index (χ2n) is 6.81. The van der Waals surface area contributed by atoms with Gasteiger partial charge < -0.3 is 4.90 Å². The molecule has 138 valence electrons. The topological polar surface area (TPSA) is 3.24 Å². The highest BCUT2D eigenvalue weighted by atomic mass is 127. The molecule has 0 bridgehead atoms. The van der Waals surface area contributed by atoms with E-state index in [0.29, 0.717) is 0 Å². The molecule has 0 rings (SSSR count). The van der Waals surface area contributed by atoms with E-state index < -0.39 is 0 Å². The van der Waals surface area contributed by atoms with Crippen LogP contribution in [0.25, 0.3) is 0 Å². The number of hydrogen-bond acceptors (Lipinski definition) is 1. The highest BCUT2D eigenvalue weighted by Crippen LogP contribution is 2.29. The molecule has 0 aliphatic carbocycles. The van der Waals surface area contributed by atoms with Gasteiger partial charge in [0.05, 0.1) is 1.59 Å². The zero-order chi connectivity index (χ0) is 17.3. The van der Waals surface area contributed by atoms with E-state index in [4.69, 9.17) is 0 Å². The van der Waals surface area contributed by atoms with E-state index in [9.17, 15) is 0 Å². The van der Waals surface area contributed by atoms with Gasteiger partial charge in [0.25, 0.3) is 0 Å². The largest absolute Gasteiger partial charge is 0.309 e. The average molecular weight is 659 g/mol. The number of unbranched alkanes of at least 4 members (excludes halogenated alkanes) is 12. The Balaban J connectivity index is 3.10. The quantitative estimate of drug-likeness (QED) is 0.119. The Labute approximate surface area is 186 Å². The van der Waals surface area contributed by atoms with E-state index in [1.54, 1.807) is 3.58 Å². The lowest BCUT2D eigenvalue weighted by Gasteiger charge is -2.08. The van der Waals surface area contributed by atoms with Gasteiger partial charge in [-0.2, -0.15) is 0 Å². The van der Waals surface area contributed by atoms with E-state index in [2.05, 4.69) is 86.8 Å². The number of rotatable bonds is 16. The van der Waals surface area contributed by atoms with Gasteiger partial charge in [0, 0.05) is 3.58 Å². The molecule has 0 aromatic heterocycles. The van der Waals surface area contributed by atoms with Crippen molar-refractivity contribution in [3.05, 3.63) is 5.17 Å². The first-order valence-corrected chi connectivity index (χ1v) is 12.6. The van der Waals surface area contributed by atoms with E-state index in [0.717, 1.165) is 0 Å². The molecule has 0 heterocycles. The zero-order valence-electron chi connectivity index (χ0n) is 15.2. The van der Waals surface area contributed by atoms with Crippen molar-refractivity contribution in [2.75, 3.05) is 20.6 Å². The normalized spacial score (nSPS) is 11.2. The summed E-state index contributed by atoms with van der Waals surface area (Å²) < 4.78 is 2.99. The molecule has 0 spiro atoms. The molecule has 0 N–H and O–H groups in total. The molecule has 0 saturated heterocycles. The summed E-state index contributed by atoms with van der Waals surface area (Å²) in [6.45, 7) is 1.26. The van der Waals surface area contributed by atoms with Crippen molar-refractivity contribution in [3.8, 4) is 0 Å². The van der Waals surface area contributed by atoms with Gasteiger partial charge in [0.2, 0.25) is 0 Å². The Hall–Kier alpha value is 1.89. The molecule has 0 radical (unpaired) electrons. The van der Waals surface area contributed by atoms with Crippen molar-refractivity contribution in [1.29, 1.82) is 0 Å². The standard InChI is InChI=1S/C19H36I3N/c1-23(2)17-15-13-11-9-7-5-3-4-6-8-10-12-14-16-18(20)19(21)22/h3-17H2,1-2H3. The lowest BCUT2D eigenvalue weighted by molar-refractivity contribution is 0.389. The Morgan fingerprint density at radius 2 is 0.913 bits per heavy atom. The molecule has 0 unspecified atom stereocenters. The molecule has 0 aromatic carbocycles. The van der Waals surface area contributed by atoms with Crippen LogP contribution < -0.4 is 0 Å². The van der Waals surface area contributed by atoms with Gasteiger partial charge in [-0.3, -0.25) is 0 Å². The Kier molecular flexibility index (Phi) is 20.2. The van der Waals surface area contributed by atoms with E-state index >= 15 is 0 Å². The van der Waals surface area contributed by atoms with Crippen molar-refractivity contribution in [3.63, 3.8) is 0 Å². The Morgan fingerprint density at radius 3 is 1.26 bits per heavy atom. The predicted octanol–water partition coefficient (Wildman–Crippen LogP) is 8.48. The predicted molar refractivity (Wildman–Crippen MR) is 132 cm³/mol. The second kappa shape index (κ2) is 18.7. The van der Waals surface area contributed by atoms with Crippen LogP contribution in [0.4, 0.5) is 0 Å². The first kappa shape index (κ1) is 24.9. The Bertz CT molecular complexity index is 286. The smallest absolute Gasteiger partial charge is 0.0606 e. The van der Waals surface area contributed by atoms with Crippen LogP contribution in [0.5, 0.6) is 0 Å². The second-order valence-corrected chi connectivity index (χ2v) is 12.3. The fourth-order valence-electron chi connectivity index (χ4n) is 2.75. The summed E-state index contributed by atoms with van der Waals surface area (Å²) in [5.74, 6) is 0. The molecule has 23 heavy (non-hydrogen) atoms. The third kappa shape index (κ3) is 20.1. The van der Waals surface area contributed by atoms with Crippen LogP contribution in [0, 0.1) is 0 Å². The fraction of sp³-hybridized carbons (Fsp3) is 0.895. The maximum atomic E-state index is 2.49. The minimum Gasteiger partial charge on any atom is -0.309 e. The zero-order valence-corrected chi connectivity index (χ0v) is 21.7. The van der Waals surface area contributed by atoms with Crippen LogP contribution in [0.15, 0.2) is 5.17 Å². The third-order valence-corrected chi connectivity index (χ3v) is 8.65. The SMILES string of the molecule is CN(C)CCCCCCCCCCCCCCCC(I)=C(I)I. The van der Waals surface area contributed by atoms with Crippen LogP contribution in [-0.4, -0.2) is 25.5 Å². The lowest BCUT2D eigenvalue weighted by Crippen LogP contribution is -2.12. The van der Waals surface area contributed by atoms with Crippen LogP contribution >= 0.6 is 67.8 Å². The molecule has 0 amide bonds. The number of hydrogen-bond donors (Lipinski definition) is 0. The monoisotopic (exact) mass is 659 g/mol. The van der Waals surface area contributed by atoms with Gasteiger partial charge in [-0.1, -0.05) is 70.6 Å². The number of nitrogens with zero attached hydrogens (tertiary/aromatic N) is 1. The fourth-order valence-corrected chi connectivity index (χ4v) is 3.67. The number of allylic oxidation sites excluding steroid dienone is 1. The van der Waals surface area contributed by atoms with Crippen molar-refractivity contribution in [2.45, 2.75) is 89.9 Å². The van der Waals surface area contributed by atoms with Crippen molar-refractivity contribution < 1.29 is 0 Å². The summed E-state index contributed by atoms with van der Waals surface area (Å²) in [5.41, 5.74) is 0.